The number of fused-ring (bicyclic) bond motifs is 1. The molecule has 26 heavy (non-hydrogen) atoms. The first-order valence-corrected chi connectivity index (χ1v) is 8.85. The van der Waals surface area contributed by atoms with Crippen molar-refractivity contribution in [3.05, 3.63) is 57.9 Å². The first kappa shape index (κ1) is 18.6. The molecule has 0 N–H and O–H groups in total. The third-order valence-electron chi connectivity index (χ3n) is 3.96. The quantitative estimate of drug-likeness (QED) is 0.737. The van der Waals surface area contributed by atoms with Gasteiger partial charge in [0, 0.05) is 18.5 Å². The van der Waals surface area contributed by atoms with E-state index >= 15 is 0 Å². The van der Waals surface area contributed by atoms with Crippen LogP contribution in [0.5, 0.6) is 0 Å². The second-order valence-electron chi connectivity index (χ2n) is 7.31. The molecular formula is C19H21ClFN3O2. The molecule has 0 radical (unpaired) electrons. The molecule has 1 aliphatic rings. The Morgan fingerprint density at radius 1 is 1.35 bits per heavy atom. The second kappa shape index (κ2) is 7.19. The summed E-state index contributed by atoms with van der Waals surface area (Å²) in [7, 11) is 0. The Labute approximate surface area is 157 Å². The van der Waals surface area contributed by atoms with Crippen LogP contribution in [-0.2, 0) is 24.1 Å². The zero-order chi connectivity index (χ0) is 18.9. The predicted molar refractivity (Wildman–Crippen MR) is 96.6 cm³/mol. The second-order valence-corrected chi connectivity index (χ2v) is 7.67. The van der Waals surface area contributed by atoms with Gasteiger partial charge < -0.3 is 9.64 Å². The van der Waals surface area contributed by atoms with E-state index in [0.717, 1.165) is 11.1 Å². The molecule has 1 aliphatic heterocycles. The molecule has 2 aromatic rings. The zero-order valence-corrected chi connectivity index (χ0v) is 15.8. The fourth-order valence-electron chi connectivity index (χ4n) is 2.82. The molecular weight excluding hydrogens is 357 g/mol. The van der Waals surface area contributed by atoms with E-state index in [1.165, 1.54) is 12.1 Å². The van der Waals surface area contributed by atoms with Crippen LogP contribution in [0.4, 0.5) is 9.18 Å². The lowest BCUT2D eigenvalue weighted by molar-refractivity contribution is 0.0220. The lowest BCUT2D eigenvalue weighted by atomic mass is 10.1. The molecule has 7 heteroatoms. The lowest BCUT2D eigenvalue weighted by Gasteiger charge is -2.31. The standard InChI is InChI=1S/C19H21ClFN3O2/c1-19(2,3)26-18(25)24-8-7-14-15(11-24)22-16(23-17(14)20)10-12-5-4-6-13(21)9-12/h4-6,9H,7-8,10-11H2,1-3H3. The number of benzene rings is 1. The van der Waals surface area contributed by atoms with Crippen LogP contribution in [0, 0.1) is 5.82 Å². The highest BCUT2D eigenvalue weighted by Gasteiger charge is 2.28. The summed E-state index contributed by atoms with van der Waals surface area (Å²) < 4.78 is 18.8. The molecule has 138 valence electrons. The maximum Gasteiger partial charge on any atom is 0.410 e. The number of ether oxygens (including phenoxy) is 1. The van der Waals surface area contributed by atoms with Gasteiger partial charge >= 0.3 is 6.09 Å². The third kappa shape index (κ3) is 4.49. The maximum atomic E-state index is 13.4. The van der Waals surface area contributed by atoms with Crippen molar-refractivity contribution in [1.29, 1.82) is 0 Å². The van der Waals surface area contributed by atoms with Gasteiger partial charge in [0.1, 0.15) is 22.4 Å². The normalized spacial score (nSPS) is 14.1. The molecule has 1 aromatic heterocycles. The summed E-state index contributed by atoms with van der Waals surface area (Å²) in [4.78, 5) is 22.8. The van der Waals surface area contributed by atoms with Gasteiger partial charge in [0.05, 0.1) is 12.2 Å². The maximum absolute atomic E-state index is 13.4. The van der Waals surface area contributed by atoms with Crippen molar-refractivity contribution in [2.24, 2.45) is 0 Å². The largest absolute Gasteiger partial charge is 0.444 e. The van der Waals surface area contributed by atoms with Crippen LogP contribution in [0.3, 0.4) is 0 Å². The Hall–Kier alpha value is -2.21. The van der Waals surface area contributed by atoms with Crippen molar-refractivity contribution < 1.29 is 13.9 Å². The molecule has 0 bridgehead atoms. The van der Waals surface area contributed by atoms with Crippen molar-refractivity contribution in [2.45, 2.75) is 45.8 Å². The number of hydrogen-bond donors (Lipinski definition) is 0. The molecule has 0 atom stereocenters. The highest BCUT2D eigenvalue weighted by molar-refractivity contribution is 6.30. The van der Waals surface area contributed by atoms with E-state index in [2.05, 4.69) is 9.97 Å². The number of nitrogens with zero attached hydrogens (tertiary/aromatic N) is 3. The number of hydrogen-bond acceptors (Lipinski definition) is 4. The number of amides is 1. The van der Waals surface area contributed by atoms with Crippen molar-refractivity contribution in [3.63, 3.8) is 0 Å². The first-order chi connectivity index (χ1) is 12.2. The van der Waals surface area contributed by atoms with Crippen molar-refractivity contribution in [2.75, 3.05) is 6.54 Å². The summed E-state index contributed by atoms with van der Waals surface area (Å²) in [5.74, 6) is 0.202. The van der Waals surface area contributed by atoms with Crippen molar-refractivity contribution >= 4 is 17.7 Å². The minimum absolute atomic E-state index is 0.303. The van der Waals surface area contributed by atoms with Crippen LogP contribution in [0.25, 0.3) is 0 Å². The monoisotopic (exact) mass is 377 g/mol. The molecule has 1 amide bonds. The molecule has 0 saturated carbocycles. The molecule has 0 unspecified atom stereocenters. The van der Waals surface area contributed by atoms with Gasteiger partial charge in [0.2, 0.25) is 0 Å². The number of aromatic nitrogens is 2. The molecule has 0 fully saturated rings. The Balaban J connectivity index is 1.80. The number of carbonyl (C=O) groups excluding carboxylic acids is 1. The summed E-state index contributed by atoms with van der Waals surface area (Å²) in [5.41, 5.74) is 1.78. The van der Waals surface area contributed by atoms with Crippen molar-refractivity contribution in [3.8, 4) is 0 Å². The van der Waals surface area contributed by atoms with Gasteiger partial charge in [-0.2, -0.15) is 0 Å². The van der Waals surface area contributed by atoms with E-state index in [9.17, 15) is 9.18 Å². The van der Waals surface area contributed by atoms with E-state index in [1.807, 2.05) is 26.8 Å². The summed E-state index contributed by atoms with van der Waals surface area (Å²) in [6, 6.07) is 6.30. The molecule has 0 spiro atoms. The fourth-order valence-corrected chi connectivity index (χ4v) is 3.12. The van der Waals surface area contributed by atoms with Gasteiger partial charge in [0.15, 0.2) is 0 Å². The van der Waals surface area contributed by atoms with E-state index < -0.39 is 5.60 Å². The van der Waals surface area contributed by atoms with Gasteiger partial charge in [0.25, 0.3) is 0 Å². The first-order valence-electron chi connectivity index (χ1n) is 8.48. The molecule has 1 aromatic carbocycles. The highest BCUT2D eigenvalue weighted by Crippen LogP contribution is 2.25. The smallest absolute Gasteiger partial charge is 0.410 e. The number of rotatable bonds is 2. The minimum atomic E-state index is -0.552. The van der Waals surface area contributed by atoms with Crippen LogP contribution in [0.15, 0.2) is 24.3 Å². The van der Waals surface area contributed by atoms with Crippen LogP contribution >= 0.6 is 11.6 Å². The van der Waals surface area contributed by atoms with Crippen LogP contribution in [0.1, 0.15) is 43.4 Å². The van der Waals surface area contributed by atoms with Gasteiger partial charge in [-0.25, -0.2) is 19.2 Å². The molecule has 5 nitrogen and oxygen atoms in total. The van der Waals surface area contributed by atoms with E-state index in [4.69, 9.17) is 16.3 Å². The van der Waals surface area contributed by atoms with Gasteiger partial charge in [-0.1, -0.05) is 23.7 Å². The average Bonchev–Trinajstić information content (AvgIpc) is 2.52. The average molecular weight is 378 g/mol. The summed E-state index contributed by atoms with van der Waals surface area (Å²) in [5, 5.41) is 0.394. The Kier molecular flexibility index (Phi) is 5.14. The van der Waals surface area contributed by atoms with E-state index in [0.29, 0.717) is 42.6 Å². The Morgan fingerprint density at radius 2 is 2.12 bits per heavy atom. The van der Waals surface area contributed by atoms with Gasteiger partial charge in [-0.3, -0.25) is 0 Å². The van der Waals surface area contributed by atoms with Crippen molar-refractivity contribution in [1.82, 2.24) is 14.9 Å². The summed E-state index contributed by atoms with van der Waals surface area (Å²) in [6.07, 6.45) is 0.578. The van der Waals surface area contributed by atoms with E-state index in [-0.39, 0.29) is 11.9 Å². The zero-order valence-electron chi connectivity index (χ0n) is 15.1. The fraction of sp³-hybridized carbons (Fsp3) is 0.421. The number of carbonyl (C=O) groups is 1. The van der Waals surface area contributed by atoms with Gasteiger partial charge in [-0.05, 0) is 44.9 Å². The third-order valence-corrected chi connectivity index (χ3v) is 4.28. The summed E-state index contributed by atoms with van der Waals surface area (Å²) >= 11 is 6.32. The van der Waals surface area contributed by atoms with Crippen LogP contribution in [-0.4, -0.2) is 33.1 Å². The van der Waals surface area contributed by atoms with E-state index in [1.54, 1.807) is 11.0 Å². The highest BCUT2D eigenvalue weighted by atomic mass is 35.5. The SMILES string of the molecule is CC(C)(C)OC(=O)N1CCc2c(Cl)nc(Cc3cccc(F)c3)nc2C1. The Bertz CT molecular complexity index is 836. The molecule has 0 saturated heterocycles. The number of halogens is 2. The van der Waals surface area contributed by atoms with Crippen LogP contribution < -0.4 is 0 Å². The summed E-state index contributed by atoms with van der Waals surface area (Å²) in [6.45, 7) is 6.33. The van der Waals surface area contributed by atoms with Crippen LogP contribution in [0.2, 0.25) is 5.15 Å². The molecule has 2 heterocycles. The topological polar surface area (TPSA) is 55.3 Å². The molecule has 0 aliphatic carbocycles. The lowest BCUT2D eigenvalue weighted by Crippen LogP contribution is -2.40. The minimum Gasteiger partial charge on any atom is -0.444 e. The van der Waals surface area contributed by atoms with Gasteiger partial charge in [-0.15, -0.1) is 0 Å². The Morgan fingerprint density at radius 3 is 2.81 bits per heavy atom. The molecule has 3 rings (SSSR count). The predicted octanol–water partition coefficient (Wildman–Crippen LogP) is 4.15.